The Hall–Kier alpha value is -2.78. The molecule has 1 heterocycles. The number of hydrogen-bond acceptors (Lipinski definition) is 1. The molecule has 0 radical (unpaired) electrons. The third kappa shape index (κ3) is 2.26. The molecule has 0 saturated carbocycles. The molecule has 0 fully saturated rings. The van der Waals surface area contributed by atoms with Gasteiger partial charge >= 0.3 is 5.97 Å². The van der Waals surface area contributed by atoms with Crippen molar-refractivity contribution in [3.63, 3.8) is 0 Å². The topological polar surface area (TPSA) is 37.3 Å². The molecule has 4 rings (SSSR count). The summed E-state index contributed by atoms with van der Waals surface area (Å²) in [7, 11) is 0. The summed E-state index contributed by atoms with van der Waals surface area (Å²) >= 11 is 1.73. The highest BCUT2D eigenvalue weighted by atomic mass is 32.1. The molecule has 0 unspecified atom stereocenters. The van der Waals surface area contributed by atoms with E-state index in [4.69, 9.17) is 0 Å². The van der Waals surface area contributed by atoms with Crippen LogP contribution in [0.2, 0.25) is 0 Å². The maximum Gasteiger partial charge on any atom is 0.336 e. The maximum atomic E-state index is 11.7. The average molecular weight is 317 g/mol. The van der Waals surface area contributed by atoms with Gasteiger partial charge in [0.05, 0.1) is 5.56 Å². The zero-order valence-corrected chi connectivity index (χ0v) is 13.0. The Kier molecular flexibility index (Phi) is 3.28. The highest BCUT2D eigenvalue weighted by Gasteiger charge is 2.21. The summed E-state index contributed by atoms with van der Waals surface area (Å²) in [6.45, 7) is 0. The van der Waals surface area contributed by atoms with E-state index in [1.165, 1.54) is 0 Å². The van der Waals surface area contributed by atoms with E-state index in [0.717, 1.165) is 31.3 Å². The van der Waals surface area contributed by atoms with Crippen LogP contribution in [-0.4, -0.2) is 11.1 Å². The van der Waals surface area contributed by atoms with Gasteiger partial charge in [0.2, 0.25) is 20.7 Å². The summed E-state index contributed by atoms with van der Waals surface area (Å²) in [6.07, 6.45) is 0. The van der Waals surface area contributed by atoms with Gasteiger partial charge < -0.3 is 5.11 Å². The molecule has 0 bridgehead atoms. The molecular formula is C20H13O2S+. The number of benzene rings is 3. The number of fused-ring (bicyclic) bond motifs is 2. The van der Waals surface area contributed by atoms with Crippen LogP contribution in [0.1, 0.15) is 10.4 Å². The van der Waals surface area contributed by atoms with Crippen LogP contribution in [0, 0.1) is 0 Å². The second kappa shape index (κ2) is 5.45. The van der Waals surface area contributed by atoms with Gasteiger partial charge in [0, 0.05) is 28.5 Å². The van der Waals surface area contributed by atoms with Crippen molar-refractivity contribution in [3.8, 4) is 11.1 Å². The minimum Gasteiger partial charge on any atom is -0.478 e. The van der Waals surface area contributed by atoms with Crippen molar-refractivity contribution in [1.29, 1.82) is 0 Å². The first-order chi connectivity index (χ1) is 11.3. The van der Waals surface area contributed by atoms with Crippen molar-refractivity contribution in [2.75, 3.05) is 0 Å². The number of carboxylic acids is 1. The Morgan fingerprint density at radius 2 is 1.26 bits per heavy atom. The number of carbonyl (C=O) groups is 1. The number of aromatic carboxylic acids is 1. The molecule has 0 saturated heterocycles. The van der Waals surface area contributed by atoms with Gasteiger partial charge in [-0.15, -0.1) is 0 Å². The minimum absolute atomic E-state index is 0.332. The van der Waals surface area contributed by atoms with Gasteiger partial charge in [0.15, 0.2) is 0 Å². The monoisotopic (exact) mass is 317 g/mol. The van der Waals surface area contributed by atoms with Crippen molar-refractivity contribution in [2.24, 2.45) is 0 Å². The predicted molar refractivity (Wildman–Crippen MR) is 96.1 cm³/mol. The van der Waals surface area contributed by atoms with Gasteiger partial charge in [-0.1, -0.05) is 42.5 Å². The van der Waals surface area contributed by atoms with Gasteiger partial charge in [0.25, 0.3) is 0 Å². The lowest BCUT2D eigenvalue weighted by Gasteiger charge is -2.09. The number of carboxylic acid groups (broad SMARTS) is 1. The van der Waals surface area contributed by atoms with Crippen LogP contribution >= 0.6 is 11.3 Å². The zero-order chi connectivity index (χ0) is 15.8. The molecule has 3 aromatic carbocycles. The van der Waals surface area contributed by atoms with Gasteiger partial charge in [-0.3, -0.25) is 0 Å². The SMILES string of the molecule is O=C(O)c1ccccc1-c1c2ccccc2[s+]c2ccccc12. The van der Waals surface area contributed by atoms with E-state index in [9.17, 15) is 9.90 Å². The molecule has 0 spiro atoms. The van der Waals surface area contributed by atoms with Crippen molar-refractivity contribution < 1.29 is 9.90 Å². The second-order valence-electron chi connectivity index (χ2n) is 5.32. The lowest BCUT2D eigenvalue weighted by atomic mass is 9.94. The molecular weight excluding hydrogens is 304 g/mol. The van der Waals surface area contributed by atoms with Crippen LogP contribution in [-0.2, 0) is 0 Å². The summed E-state index contributed by atoms with van der Waals surface area (Å²) in [6, 6.07) is 23.5. The summed E-state index contributed by atoms with van der Waals surface area (Å²) in [5.41, 5.74) is 2.09. The summed E-state index contributed by atoms with van der Waals surface area (Å²) in [5.74, 6) is -0.902. The number of hydrogen-bond donors (Lipinski definition) is 1. The Balaban J connectivity index is 2.23. The minimum atomic E-state index is -0.902. The molecule has 1 N–H and O–H groups in total. The van der Waals surface area contributed by atoms with Crippen LogP contribution < -0.4 is 0 Å². The van der Waals surface area contributed by atoms with E-state index in [1.807, 2.05) is 36.4 Å². The lowest BCUT2D eigenvalue weighted by molar-refractivity contribution is 0.0698. The van der Waals surface area contributed by atoms with Crippen LogP contribution in [0.25, 0.3) is 31.3 Å². The average Bonchev–Trinajstić information content (AvgIpc) is 2.59. The second-order valence-corrected chi connectivity index (χ2v) is 6.40. The Morgan fingerprint density at radius 3 is 1.87 bits per heavy atom. The quantitative estimate of drug-likeness (QED) is 0.380. The molecule has 0 amide bonds. The maximum absolute atomic E-state index is 11.7. The van der Waals surface area contributed by atoms with E-state index in [0.29, 0.717) is 5.56 Å². The normalized spacial score (nSPS) is 11.0. The third-order valence-electron chi connectivity index (χ3n) is 3.96. The summed E-state index contributed by atoms with van der Waals surface area (Å²) in [4.78, 5) is 11.7. The first-order valence-corrected chi connectivity index (χ1v) is 8.13. The van der Waals surface area contributed by atoms with E-state index in [-0.39, 0.29) is 0 Å². The molecule has 0 atom stereocenters. The largest absolute Gasteiger partial charge is 0.478 e. The smallest absolute Gasteiger partial charge is 0.336 e. The van der Waals surface area contributed by atoms with Crippen LogP contribution in [0.3, 0.4) is 0 Å². The van der Waals surface area contributed by atoms with Crippen LogP contribution in [0.4, 0.5) is 0 Å². The summed E-state index contributed by atoms with van der Waals surface area (Å²) < 4.78 is 2.31. The number of rotatable bonds is 2. The summed E-state index contributed by atoms with van der Waals surface area (Å²) in [5, 5.41) is 11.7. The first-order valence-electron chi connectivity index (χ1n) is 7.32. The molecule has 0 aliphatic rings. The van der Waals surface area contributed by atoms with Crippen molar-refractivity contribution in [2.45, 2.75) is 0 Å². The molecule has 0 aliphatic carbocycles. The fourth-order valence-electron chi connectivity index (χ4n) is 2.97. The van der Waals surface area contributed by atoms with E-state index >= 15 is 0 Å². The van der Waals surface area contributed by atoms with Crippen molar-refractivity contribution >= 4 is 37.5 Å². The fourth-order valence-corrected chi connectivity index (χ4v) is 4.06. The fraction of sp³-hybridized carbons (Fsp3) is 0. The standard InChI is InChI=1S/C20H12O2S/c21-20(22)14-8-2-1-7-13(14)19-15-9-3-5-11-17(15)23-18-12-6-4-10-16(18)19/h1-12H/p+1. The van der Waals surface area contributed by atoms with Crippen molar-refractivity contribution in [1.82, 2.24) is 0 Å². The van der Waals surface area contributed by atoms with Crippen LogP contribution in [0.15, 0.2) is 72.8 Å². The Morgan fingerprint density at radius 1 is 0.739 bits per heavy atom. The van der Waals surface area contributed by atoms with Gasteiger partial charge in [-0.05, 0) is 23.8 Å². The first kappa shape index (κ1) is 13.9. The zero-order valence-electron chi connectivity index (χ0n) is 12.2. The van der Waals surface area contributed by atoms with Gasteiger partial charge in [-0.25, -0.2) is 4.79 Å². The molecule has 2 nitrogen and oxygen atoms in total. The van der Waals surface area contributed by atoms with Crippen LogP contribution in [0.5, 0.6) is 0 Å². The molecule has 3 heteroatoms. The molecule has 0 aliphatic heterocycles. The highest BCUT2D eigenvalue weighted by molar-refractivity contribution is 7.24. The molecule has 4 aromatic rings. The van der Waals surface area contributed by atoms with E-state index in [2.05, 4.69) is 24.3 Å². The molecule has 1 aromatic heterocycles. The van der Waals surface area contributed by atoms with Gasteiger partial charge in [0.1, 0.15) is 0 Å². The predicted octanol–water partition coefficient (Wildman–Crippen LogP) is 5.70. The molecule has 110 valence electrons. The van der Waals surface area contributed by atoms with Gasteiger partial charge in [-0.2, -0.15) is 0 Å². The van der Waals surface area contributed by atoms with E-state index in [1.54, 1.807) is 23.5 Å². The third-order valence-corrected chi connectivity index (χ3v) is 5.11. The highest BCUT2D eigenvalue weighted by Crippen LogP contribution is 2.40. The Labute approximate surface area is 137 Å². The molecule has 23 heavy (non-hydrogen) atoms. The Bertz CT molecular complexity index is 1000. The van der Waals surface area contributed by atoms with E-state index < -0.39 is 5.97 Å². The van der Waals surface area contributed by atoms with Crippen molar-refractivity contribution in [3.05, 3.63) is 78.4 Å². The lowest BCUT2D eigenvalue weighted by Crippen LogP contribution is -1.99.